The second kappa shape index (κ2) is 12.0. The van der Waals surface area contributed by atoms with E-state index in [-0.39, 0.29) is 9.75 Å². The van der Waals surface area contributed by atoms with Crippen LogP contribution in [-0.4, -0.2) is 70.0 Å². The minimum atomic E-state index is -2.76. The molecule has 0 N–H and O–H groups in total. The predicted octanol–water partition coefficient (Wildman–Crippen LogP) is 2.89. The van der Waals surface area contributed by atoms with Gasteiger partial charge in [0.1, 0.15) is 0 Å². The highest BCUT2D eigenvalue weighted by atomic mass is 32.2. The van der Waals surface area contributed by atoms with Gasteiger partial charge in [-0.2, -0.15) is 0 Å². The van der Waals surface area contributed by atoms with E-state index in [0.717, 1.165) is 25.7 Å². The van der Waals surface area contributed by atoms with Crippen LogP contribution in [0.25, 0.3) is 0 Å². The third-order valence-electron chi connectivity index (χ3n) is 3.93. The molecule has 0 rings (SSSR count). The summed E-state index contributed by atoms with van der Waals surface area (Å²) in [4.78, 5) is 0.216. The van der Waals surface area contributed by atoms with Gasteiger partial charge < -0.3 is 26.6 Å². The van der Waals surface area contributed by atoms with Crippen molar-refractivity contribution in [2.45, 2.75) is 49.3 Å². The second-order valence-electron chi connectivity index (χ2n) is 5.12. The molecule has 0 saturated carbocycles. The normalized spacial score (nSPS) is 15.7. The first-order chi connectivity index (χ1) is 11.0. The molecule has 9 heteroatoms. The summed E-state index contributed by atoms with van der Waals surface area (Å²) >= 11 is 1.77. The summed E-state index contributed by atoms with van der Waals surface area (Å²) in [6.07, 6.45) is 3.91. The van der Waals surface area contributed by atoms with E-state index in [2.05, 4.69) is 13.8 Å². The van der Waals surface area contributed by atoms with Crippen LogP contribution < -0.4 is 0 Å². The molecule has 0 heterocycles. The maximum absolute atomic E-state index is 5.71. The van der Waals surface area contributed by atoms with Gasteiger partial charge in [-0.25, -0.2) is 0 Å². The monoisotopic (exact) mass is 386 g/mol. The van der Waals surface area contributed by atoms with Gasteiger partial charge in [0.15, 0.2) is 0 Å². The molecule has 0 bridgehead atoms. The zero-order valence-electron chi connectivity index (χ0n) is 15.8. The fourth-order valence-corrected chi connectivity index (χ4v) is 12.1. The van der Waals surface area contributed by atoms with Crippen molar-refractivity contribution in [1.29, 1.82) is 0 Å². The first kappa shape index (κ1) is 23.5. The summed E-state index contributed by atoms with van der Waals surface area (Å²) in [6.45, 7) is 4.30. The van der Waals surface area contributed by atoms with E-state index >= 15 is 0 Å². The van der Waals surface area contributed by atoms with E-state index in [0.29, 0.717) is 0 Å². The Hall–Kier alpha value is 0.544. The van der Waals surface area contributed by atoms with Crippen molar-refractivity contribution in [2.24, 2.45) is 0 Å². The van der Waals surface area contributed by atoms with Crippen LogP contribution in [0.5, 0.6) is 0 Å². The standard InChI is InChI=1S/C14H34O6SSi2/c1-9-11-13(22(15-3,16-4)17-5)21-14(12-10-2)23(18-6,19-7)20-8/h13-14H,9-12H2,1-8H3. The van der Waals surface area contributed by atoms with Crippen LogP contribution in [0.4, 0.5) is 0 Å². The molecule has 6 nitrogen and oxygen atoms in total. The van der Waals surface area contributed by atoms with E-state index in [9.17, 15) is 0 Å². The third-order valence-corrected chi connectivity index (χ3v) is 13.2. The van der Waals surface area contributed by atoms with Crippen LogP contribution in [-0.2, 0) is 26.6 Å². The van der Waals surface area contributed by atoms with Crippen LogP contribution in [0.1, 0.15) is 39.5 Å². The molecule has 0 spiro atoms. The van der Waals surface area contributed by atoms with E-state index in [1.807, 2.05) is 0 Å². The Morgan fingerprint density at radius 1 is 0.609 bits per heavy atom. The Balaban J connectivity index is 5.54. The van der Waals surface area contributed by atoms with Crippen LogP contribution >= 0.6 is 11.8 Å². The lowest BCUT2D eigenvalue weighted by atomic mass is 10.4. The lowest BCUT2D eigenvalue weighted by molar-refractivity contribution is 0.118. The van der Waals surface area contributed by atoms with Gasteiger partial charge in [-0.05, 0) is 12.8 Å². The summed E-state index contributed by atoms with van der Waals surface area (Å²) in [7, 11) is 4.43. The van der Waals surface area contributed by atoms with E-state index in [1.165, 1.54) is 0 Å². The molecular formula is C14H34O6SSi2. The molecule has 0 saturated heterocycles. The highest BCUT2D eigenvalue weighted by molar-refractivity contribution is 8.03. The average molecular weight is 387 g/mol. The van der Waals surface area contributed by atoms with Crippen molar-refractivity contribution in [3.05, 3.63) is 0 Å². The molecule has 0 aromatic rings. The van der Waals surface area contributed by atoms with Crippen molar-refractivity contribution in [2.75, 3.05) is 42.7 Å². The average Bonchev–Trinajstić information content (AvgIpc) is 2.59. The molecule has 23 heavy (non-hydrogen) atoms. The fraction of sp³-hybridized carbons (Fsp3) is 1.00. The summed E-state index contributed by atoms with van der Waals surface area (Å²) in [5.41, 5.74) is 0. The molecule has 2 atom stereocenters. The molecule has 0 aromatic carbocycles. The Bertz CT molecular complexity index is 258. The largest absolute Gasteiger partial charge is 0.513 e. The molecule has 0 aliphatic heterocycles. The van der Waals surface area contributed by atoms with E-state index < -0.39 is 17.6 Å². The van der Waals surface area contributed by atoms with Gasteiger partial charge in [0.25, 0.3) is 0 Å². The quantitative estimate of drug-likeness (QED) is 0.425. The highest BCUT2D eigenvalue weighted by Crippen LogP contribution is 2.37. The zero-order chi connectivity index (χ0) is 17.9. The topological polar surface area (TPSA) is 55.4 Å². The molecule has 0 aliphatic rings. The van der Waals surface area contributed by atoms with Crippen molar-refractivity contribution < 1.29 is 26.6 Å². The van der Waals surface area contributed by atoms with Crippen molar-refractivity contribution in [1.82, 2.24) is 0 Å². The molecule has 0 radical (unpaired) electrons. The maximum Gasteiger partial charge on any atom is 0.513 e. The van der Waals surface area contributed by atoms with Gasteiger partial charge in [-0.1, -0.05) is 26.7 Å². The molecule has 0 aliphatic carbocycles. The zero-order valence-corrected chi connectivity index (χ0v) is 18.7. The summed E-state index contributed by atoms with van der Waals surface area (Å²) < 4.78 is 34.3. The smallest absolute Gasteiger partial charge is 0.376 e. The second-order valence-corrected chi connectivity index (χ2v) is 13.6. The highest BCUT2D eigenvalue weighted by Gasteiger charge is 2.54. The van der Waals surface area contributed by atoms with Crippen LogP contribution in [0, 0.1) is 0 Å². The van der Waals surface area contributed by atoms with E-state index in [1.54, 1.807) is 54.4 Å². The number of rotatable bonds is 14. The Morgan fingerprint density at radius 2 is 0.870 bits per heavy atom. The van der Waals surface area contributed by atoms with Crippen LogP contribution in [0.3, 0.4) is 0 Å². The van der Waals surface area contributed by atoms with E-state index in [4.69, 9.17) is 26.6 Å². The minimum Gasteiger partial charge on any atom is -0.376 e. The van der Waals surface area contributed by atoms with Gasteiger partial charge in [0.05, 0.1) is 9.75 Å². The number of hydrogen-bond acceptors (Lipinski definition) is 7. The van der Waals surface area contributed by atoms with Gasteiger partial charge in [0, 0.05) is 42.7 Å². The fourth-order valence-electron chi connectivity index (χ4n) is 2.67. The Kier molecular flexibility index (Phi) is 12.3. The Labute approximate surface area is 148 Å². The maximum atomic E-state index is 5.71. The van der Waals surface area contributed by atoms with Crippen LogP contribution in [0.2, 0.25) is 0 Å². The van der Waals surface area contributed by atoms with Crippen molar-refractivity contribution >= 4 is 29.4 Å². The lowest BCUT2D eigenvalue weighted by Gasteiger charge is -2.38. The summed E-state index contributed by atoms with van der Waals surface area (Å²) in [5, 5.41) is 0. The molecule has 0 fully saturated rings. The molecule has 140 valence electrons. The first-order valence-electron chi connectivity index (χ1n) is 7.95. The Morgan fingerprint density at radius 3 is 1.04 bits per heavy atom. The number of thioether (sulfide) groups is 1. The molecule has 0 amide bonds. The van der Waals surface area contributed by atoms with Gasteiger partial charge in [-0.15, -0.1) is 11.8 Å². The third kappa shape index (κ3) is 5.79. The first-order valence-corrected chi connectivity index (χ1v) is 12.5. The molecule has 0 aromatic heterocycles. The summed E-state index contributed by atoms with van der Waals surface area (Å²) in [5.74, 6) is 0. The molecular weight excluding hydrogens is 352 g/mol. The minimum absolute atomic E-state index is 0.108. The van der Waals surface area contributed by atoms with Gasteiger partial charge >= 0.3 is 17.6 Å². The van der Waals surface area contributed by atoms with Crippen molar-refractivity contribution in [3.63, 3.8) is 0 Å². The van der Waals surface area contributed by atoms with Gasteiger partial charge in [-0.3, -0.25) is 0 Å². The number of hydrogen-bond donors (Lipinski definition) is 0. The predicted molar refractivity (Wildman–Crippen MR) is 98.5 cm³/mol. The van der Waals surface area contributed by atoms with Crippen LogP contribution in [0.15, 0.2) is 0 Å². The van der Waals surface area contributed by atoms with Gasteiger partial charge in [0.2, 0.25) is 0 Å². The molecule has 2 unspecified atom stereocenters. The van der Waals surface area contributed by atoms with Crippen molar-refractivity contribution in [3.8, 4) is 0 Å². The lowest BCUT2D eigenvalue weighted by Crippen LogP contribution is -2.58. The summed E-state index contributed by atoms with van der Waals surface area (Å²) in [6, 6.07) is 0. The SMILES string of the molecule is CCCC(SC(CCC)[Si](OC)(OC)OC)[Si](OC)(OC)OC.